The fraction of sp³-hybridized carbons (Fsp3) is 0.300. The van der Waals surface area contributed by atoms with Gasteiger partial charge in [0.05, 0.1) is 6.04 Å². The molecular weight excluding hydrogens is 333 g/mol. The maximum atomic E-state index is 13.6. The first-order chi connectivity index (χ1) is 12.7. The van der Waals surface area contributed by atoms with Gasteiger partial charge < -0.3 is 14.6 Å². The molecule has 1 aliphatic heterocycles. The summed E-state index contributed by atoms with van der Waals surface area (Å²) in [6.07, 6.45) is 0.770. The number of hydrogen-bond donors (Lipinski definition) is 1. The lowest BCUT2D eigenvalue weighted by Crippen LogP contribution is -2.48. The summed E-state index contributed by atoms with van der Waals surface area (Å²) in [6, 6.07) is 13.9. The molecular formula is C20H20FN3O2. The molecule has 0 saturated carbocycles. The Morgan fingerprint density at radius 2 is 2.15 bits per heavy atom. The summed E-state index contributed by atoms with van der Waals surface area (Å²) < 4.78 is 19.3. The smallest absolute Gasteiger partial charge is 0.223 e. The summed E-state index contributed by atoms with van der Waals surface area (Å²) in [7, 11) is 0. The second kappa shape index (κ2) is 7.25. The second-order valence-corrected chi connectivity index (χ2v) is 6.44. The molecule has 1 fully saturated rings. The number of nitrogens with zero attached hydrogens (tertiary/aromatic N) is 2. The Morgan fingerprint density at radius 1 is 1.27 bits per heavy atom. The summed E-state index contributed by atoms with van der Waals surface area (Å²) in [4.78, 5) is 19.0. The van der Waals surface area contributed by atoms with Gasteiger partial charge in [-0.1, -0.05) is 24.3 Å². The summed E-state index contributed by atoms with van der Waals surface area (Å²) in [6.45, 7) is 1.96. The highest BCUT2D eigenvalue weighted by molar-refractivity contribution is 5.77. The molecule has 1 amide bonds. The number of aryl methyl sites for hydroxylation is 1. The quantitative estimate of drug-likeness (QED) is 0.783. The molecule has 1 aromatic heterocycles. The third-order valence-corrected chi connectivity index (χ3v) is 4.69. The zero-order chi connectivity index (χ0) is 17.9. The minimum atomic E-state index is -0.285. The molecule has 4 rings (SSSR count). The van der Waals surface area contributed by atoms with E-state index in [4.69, 9.17) is 4.42 Å². The third kappa shape index (κ3) is 3.46. The first-order valence-corrected chi connectivity index (χ1v) is 8.81. The van der Waals surface area contributed by atoms with E-state index < -0.39 is 0 Å². The molecule has 26 heavy (non-hydrogen) atoms. The number of oxazole rings is 1. The minimum Gasteiger partial charge on any atom is -0.441 e. The van der Waals surface area contributed by atoms with Crippen molar-refractivity contribution < 1.29 is 13.6 Å². The topological polar surface area (TPSA) is 58.4 Å². The maximum Gasteiger partial charge on any atom is 0.223 e. The molecule has 134 valence electrons. The van der Waals surface area contributed by atoms with E-state index in [9.17, 15) is 9.18 Å². The number of piperazine rings is 1. The highest BCUT2D eigenvalue weighted by Crippen LogP contribution is 2.24. The van der Waals surface area contributed by atoms with E-state index in [0.717, 1.165) is 23.2 Å². The van der Waals surface area contributed by atoms with Crippen LogP contribution in [0.2, 0.25) is 0 Å². The molecule has 1 aliphatic rings. The van der Waals surface area contributed by atoms with Crippen molar-refractivity contribution in [1.82, 2.24) is 15.2 Å². The van der Waals surface area contributed by atoms with Gasteiger partial charge in [0.25, 0.3) is 0 Å². The highest BCUT2D eigenvalue weighted by atomic mass is 19.1. The molecule has 1 saturated heterocycles. The van der Waals surface area contributed by atoms with E-state index in [-0.39, 0.29) is 17.8 Å². The van der Waals surface area contributed by atoms with Crippen LogP contribution in [0.3, 0.4) is 0 Å². The molecule has 6 heteroatoms. The van der Waals surface area contributed by atoms with Crippen molar-refractivity contribution in [3.8, 4) is 0 Å². The number of halogens is 1. The van der Waals surface area contributed by atoms with Crippen molar-refractivity contribution in [1.29, 1.82) is 0 Å². The van der Waals surface area contributed by atoms with Gasteiger partial charge in [0, 0.05) is 32.5 Å². The number of para-hydroxylation sites is 2. The molecule has 2 aromatic carbocycles. The lowest BCUT2D eigenvalue weighted by molar-refractivity contribution is -0.134. The van der Waals surface area contributed by atoms with Crippen LogP contribution >= 0.6 is 0 Å². The number of carbonyl (C=O) groups excluding carboxylic acids is 1. The lowest BCUT2D eigenvalue weighted by atomic mass is 10.0. The van der Waals surface area contributed by atoms with Crippen molar-refractivity contribution in [3.05, 3.63) is 65.8 Å². The van der Waals surface area contributed by atoms with Crippen LogP contribution in [0.5, 0.6) is 0 Å². The Hall–Kier alpha value is -2.73. The summed E-state index contributed by atoms with van der Waals surface area (Å²) in [5.41, 5.74) is 2.34. The summed E-state index contributed by atoms with van der Waals surface area (Å²) in [5, 5.41) is 3.28. The van der Waals surface area contributed by atoms with Gasteiger partial charge in [-0.05, 0) is 29.8 Å². The number of carbonyl (C=O) groups is 1. The van der Waals surface area contributed by atoms with Gasteiger partial charge in [-0.15, -0.1) is 0 Å². The molecule has 5 nitrogen and oxygen atoms in total. The van der Waals surface area contributed by atoms with Crippen molar-refractivity contribution in [2.24, 2.45) is 0 Å². The second-order valence-electron chi connectivity index (χ2n) is 6.44. The molecule has 1 atom stereocenters. The van der Waals surface area contributed by atoms with Crippen LogP contribution in [0.25, 0.3) is 11.1 Å². The monoisotopic (exact) mass is 353 g/mol. The maximum absolute atomic E-state index is 13.6. The van der Waals surface area contributed by atoms with E-state index in [1.165, 1.54) is 12.1 Å². The number of benzene rings is 2. The number of nitrogens with one attached hydrogen (secondary N) is 1. The van der Waals surface area contributed by atoms with E-state index >= 15 is 0 Å². The van der Waals surface area contributed by atoms with E-state index in [2.05, 4.69) is 10.3 Å². The predicted octanol–water partition coefficient (Wildman–Crippen LogP) is 3.07. The van der Waals surface area contributed by atoms with Crippen molar-refractivity contribution >= 4 is 17.0 Å². The average Bonchev–Trinajstić information content (AvgIpc) is 3.09. The Bertz CT molecular complexity index is 891. The van der Waals surface area contributed by atoms with E-state index in [1.54, 1.807) is 6.07 Å². The van der Waals surface area contributed by atoms with Crippen LogP contribution in [0.4, 0.5) is 4.39 Å². The molecule has 2 heterocycles. The molecule has 3 aromatic rings. The standard InChI is InChI=1S/C20H20FN3O2/c21-15-5-3-4-14(12-15)17-13-22-10-11-24(17)20(25)9-8-19-23-16-6-1-2-7-18(16)26-19/h1-7,12,17,22H,8-11,13H2. The van der Waals surface area contributed by atoms with Crippen LogP contribution in [-0.2, 0) is 11.2 Å². The van der Waals surface area contributed by atoms with E-state index in [1.807, 2.05) is 35.2 Å². The van der Waals surface area contributed by atoms with Crippen LogP contribution < -0.4 is 5.32 Å². The molecule has 1 unspecified atom stereocenters. The summed E-state index contributed by atoms with van der Waals surface area (Å²) in [5.74, 6) is 0.312. The van der Waals surface area contributed by atoms with Crippen molar-refractivity contribution in [3.63, 3.8) is 0 Å². The Labute approximate surface area is 150 Å². The zero-order valence-electron chi connectivity index (χ0n) is 14.3. The highest BCUT2D eigenvalue weighted by Gasteiger charge is 2.28. The number of hydrogen-bond acceptors (Lipinski definition) is 4. The Kier molecular flexibility index (Phi) is 4.67. The van der Waals surface area contributed by atoms with Gasteiger partial charge in [0.2, 0.25) is 5.91 Å². The third-order valence-electron chi connectivity index (χ3n) is 4.69. The fourth-order valence-corrected chi connectivity index (χ4v) is 3.40. The molecule has 0 aliphatic carbocycles. The molecule has 0 bridgehead atoms. The normalized spacial score (nSPS) is 17.6. The Balaban J connectivity index is 1.46. The van der Waals surface area contributed by atoms with Crippen LogP contribution in [0.1, 0.15) is 23.9 Å². The van der Waals surface area contributed by atoms with Crippen LogP contribution in [0, 0.1) is 5.82 Å². The van der Waals surface area contributed by atoms with Gasteiger partial charge in [-0.2, -0.15) is 0 Å². The van der Waals surface area contributed by atoms with Gasteiger partial charge in [0.15, 0.2) is 11.5 Å². The van der Waals surface area contributed by atoms with E-state index in [0.29, 0.717) is 31.8 Å². The number of aromatic nitrogens is 1. The minimum absolute atomic E-state index is 0.0306. The number of rotatable bonds is 4. The average molecular weight is 353 g/mol. The predicted molar refractivity (Wildman–Crippen MR) is 96.1 cm³/mol. The first kappa shape index (κ1) is 16.7. The molecule has 1 N–H and O–H groups in total. The molecule has 0 radical (unpaired) electrons. The van der Waals surface area contributed by atoms with Crippen molar-refractivity contribution in [2.45, 2.75) is 18.9 Å². The summed E-state index contributed by atoms with van der Waals surface area (Å²) >= 11 is 0. The first-order valence-electron chi connectivity index (χ1n) is 8.81. The lowest BCUT2D eigenvalue weighted by Gasteiger charge is -2.36. The number of fused-ring (bicyclic) bond motifs is 1. The van der Waals surface area contributed by atoms with Crippen LogP contribution in [0.15, 0.2) is 52.9 Å². The molecule has 0 spiro atoms. The van der Waals surface area contributed by atoms with Crippen LogP contribution in [-0.4, -0.2) is 35.4 Å². The van der Waals surface area contributed by atoms with Gasteiger partial charge in [-0.3, -0.25) is 4.79 Å². The fourth-order valence-electron chi connectivity index (χ4n) is 3.40. The number of amides is 1. The largest absolute Gasteiger partial charge is 0.441 e. The Morgan fingerprint density at radius 3 is 3.00 bits per heavy atom. The zero-order valence-corrected chi connectivity index (χ0v) is 14.3. The SMILES string of the molecule is O=C(CCc1nc2ccccc2o1)N1CCNCC1c1cccc(F)c1. The van der Waals surface area contributed by atoms with Crippen molar-refractivity contribution in [2.75, 3.05) is 19.6 Å². The van der Waals surface area contributed by atoms with Gasteiger partial charge >= 0.3 is 0 Å². The van der Waals surface area contributed by atoms with Gasteiger partial charge in [0.1, 0.15) is 11.3 Å². The van der Waals surface area contributed by atoms with Gasteiger partial charge in [-0.25, -0.2) is 9.37 Å².